The molecule has 2 amide bonds. The molecular weight excluding hydrogens is 450 g/mol. The van der Waals surface area contributed by atoms with E-state index in [4.69, 9.17) is 10.7 Å². The summed E-state index contributed by atoms with van der Waals surface area (Å²) in [6.45, 7) is 8.65. The highest BCUT2D eigenvalue weighted by Crippen LogP contribution is 2.44. The van der Waals surface area contributed by atoms with Crippen LogP contribution in [0.15, 0.2) is 66.7 Å². The van der Waals surface area contributed by atoms with Crippen molar-refractivity contribution in [3.63, 3.8) is 0 Å². The van der Waals surface area contributed by atoms with E-state index in [0.717, 1.165) is 24.0 Å². The third-order valence-electron chi connectivity index (χ3n) is 6.88. The molecule has 0 spiro atoms. The van der Waals surface area contributed by atoms with Crippen LogP contribution in [0.3, 0.4) is 0 Å². The maximum absolute atomic E-state index is 13.7. The predicted octanol–water partition coefficient (Wildman–Crippen LogP) is 5.80. The highest BCUT2D eigenvalue weighted by atomic mass is 16.6. The van der Waals surface area contributed by atoms with Gasteiger partial charge in [0.25, 0.3) is 0 Å². The molecular formula is C30H43N3O3. The van der Waals surface area contributed by atoms with Gasteiger partial charge in [-0.15, -0.1) is 0 Å². The molecule has 0 aliphatic carbocycles. The molecule has 0 bridgehead atoms. The van der Waals surface area contributed by atoms with Crippen molar-refractivity contribution in [2.45, 2.75) is 66.4 Å². The van der Waals surface area contributed by atoms with Crippen LogP contribution in [0.25, 0.3) is 6.08 Å². The maximum Gasteiger partial charge on any atom is 0.248 e. The Labute approximate surface area is 216 Å². The monoisotopic (exact) mass is 493 g/mol. The fraction of sp³-hybridized carbons (Fsp3) is 0.467. The van der Waals surface area contributed by atoms with Crippen molar-refractivity contribution < 1.29 is 14.4 Å². The van der Waals surface area contributed by atoms with E-state index >= 15 is 0 Å². The average Bonchev–Trinajstić information content (AvgIpc) is 2.89. The minimum Gasteiger partial charge on any atom is -0.294 e. The second-order valence-corrected chi connectivity index (χ2v) is 9.96. The molecule has 0 aliphatic heterocycles. The first-order valence-corrected chi connectivity index (χ1v) is 13.0. The SMILES string of the molecule is CCC(CC)C[C@](CC(C)C)(C(=O)NN)[C@H](CC=Cc1ccccc1)C(=O)NOCc1ccccc1. The lowest BCUT2D eigenvalue weighted by atomic mass is 9.63. The number of rotatable bonds is 15. The Morgan fingerprint density at radius 2 is 1.58 bits per heavy atom. The van der Waals surface area contributed by atoms with Crippen molar-refractivity contribution in [3.8, 4) is 0 Å². The molecule has 2 atom stereocenters. The molecule has 2 rings (SSSR count). The van der Waals surface area contributed by atoms with E-state index in [9.17, 15) is 9.59 Å². The number of hydrogen-bond donors (Lipinski definition) is 3. The summed E-state index contributed by atoms with van der Waals surface area (Å²) in [7, 11) is 0. The summed E-state index contributed by atoms with van der Waals surface area (Å²) in [6, 6.07) is 19.6. The smallest absolute Gasteiger partial charge is 0.248 e. The molecule has 6 heteroatoms. The van der Waals surface area contributed by atoms with E-state index in [1.807, 2.05) is 72.8 Å². The highest BCUT2D eigenvalue weighted by molar-refractivity contribution is 5.90. The van der Waals surface area contributed by atoms with Crippen molar-refractivity contribution in [2.75, 3.05) is 0 Å². The quantitative estimate of drug-likeness (QED) is 0.166. The fourth-order valence-corrected chi connectivity index (χ4v) is 5.00. The Balaban J connectivity index is 2.40. The molecule has 0 aliphatic rings. The minimum absolute atomic E-state index is 0.190. The van der Waals surface area contributed by atoms with Gasteiger partial charge in [0.15, 0.2) is 0 Å². The second-order valence-electron chi connectivity index (χ2n) is 9.96. The van der Waals surface area contributed by atoms with Crippen molar-refractivity contribution in [2.24, 2.45) is 29.0 Å². The molecule has 0 fully saturated rings. The Morgan fingerprint density at radius 1 is 0.972 bits per heavy atom. The lowest BCUT2D eigenvalue weighted by Crippen LogP contribution is -2.54. The normalized spacial score (nSPS) is 14.1. The standard InChI is InChI=1S/C30H43N3O3/c1-5-24(6-2)21-30(20-23(3)4,29(35)32-31)27(19-13-18-25-14-9-7-10-15-25)28(34)33-36-22-26-16-11-8-12-17-26/h7-18,23-24,27H,5-6,19-22,31H2,1-4H3,(H,32,35)(H,33,34)/t27-,30+/m1/s1. The summed E-state index contributed by atoms with van der Waals surface area (Å²) in [4.78, 5) is 32.8. The van der Waals surface area contributed by atoms with Crippen molar-refractivity contribution in [1.29, 1.82) is 0 Å². The molecule has 6 nitrogen and oxygen atoms in total. The van der Waals surface area contributed by atoms with Gasteiger partial charge < -0.3 is 0 Å². The number of carbonyl (C=O) groups is 2. The van der Waals surface area contributed by atoms with E-state index in [1.54, 1.807) is 0 Å². The zero-order chi connectivity index (χ0) is 26.4. The number of nitrogens with one attached hydrogen (secondary N) is 2. The second kappa shape index (κ2) is 15.2. The van der Waals surface area contributed by atoms with Crippen LogP contribution in [0.2, 0.25) is 0 Å². The first-order chi connectivity index (χ1) is 17.4. The number of hydrazine groups is 1. The Hall–Kier alpha value is -2.96. The molecule has 2 aromatic carbocycles. The first kappa shape index (κ1) is 29.3. The Kier molecular flexibility index (Phi) is 12.4. The molecule has 196 valence electrons. The van der Waals surface area contributed by atoms with Crippen molar-refractivity contribution in [1.82, 2.24) is 10.9 Å². The van der Waals surface area contributed by atoms with Crippen LogP contribution in [-0.4, -0.2) is 11.8 Å². The van der Waals surface area contributed by atoms with E-state index < -0.39 is 11.3 Å². The number of nitrogens with two attached hydrogens (primary N) is 1. The van der Waals surface area contributed by atoms with Gasteiger partial charge in [0.05, 0.1) is 17.9 Å². The molecule has 0 unspecified atom stereocenters. The molecule has 0 radical (unpaired) electrons. The molecule has 0 saturated heterocycles. The Morgan fingerprint density at radius 3 is 2.14 bits per heavy atom. The number of carbonyl (C=O) groups excluding carboxylic acids is 2. The van der Waals surface area contributed by atoms with E-state index in [-0.39, 0.29) is 24.3 Å². The summed E-state index contributed by atoms with van der Waals surface area (Å²) in [5.74, 6) is 4.98. The zero-order valence-electron chi connectivity index (χ0n) is 22.2. The lowest BCUT2D eigenvalue weighted by Gasteiger charge is -2.41. The third-order valence-corrected chi connectivity index (χ3v) is 6.88. The molecule has 36 heavy (non-hydrogen) atoms. The van der Waals surface area contributed by atoms with Crippen LogP contribution < -0.4 is 16.7 Å². The van der Waals surface area contributed by atoms with Gasteiger partial charge in [-0.25, -0.2) is 11.3 Å². The van der Waals surface area contributed by atoms with Crippen LogP contribution in [0, 0.1) is 23.2 Å². The van der Waals surface area contributed by atoms with Gasteiger partial charge >= 0.3 is 0 Å². The van der Waals surface area contributed by atoms with E-state index in [0.29, 0.717) is 25.2 Å². The van der Waals surface area contributed by atoms with Crippen LogP contribution in [0.5, 0.6) is 0 Å². The van der Waals surface area contributed by atoms with Crippen LogP contribution >= 0.6 is 0 Å². The van der Waals surface area contributed by atoms with Gasteiger partial charge in [0, 0.05) is 0 Å². The van der Waals surface area contributed by atoms with Gasteiger partial charge in [0.1, 0.15) is 0 Å². The summed E-state index contributed by atoms with van der Waals surface area (Å²) in [5.41, 5.74) is 6.07. The van der Waals surface area contributed by atoms with Crippen molar-refractivity contribution >= 4 is 17.9 Å². The van der Waals surface area contributed by atoms with Gasteiger partial charge in [-0.3, -0.25) is 19.9 Å². The van der Waals surface area contributed by atoms with Gasteiger partial charge in [-0.1, -0.05) is 113 Å². The number of hydrogen-bond acceptors (Lipinski definition) is 4. The topological polar surface area (TPSA) is 93.5 Å². The zero-order valence-corrected chi connectivity index (χ0v) is 22.2. The summed E-state index contributed by atoms with van der Waals surface area (Å²) in [6.07, 6.45) is 7.32. The predicted molar refractivity (Wildman–Crippen MR) is 146 cm³/mol. The summed E-state index contributed by atoms with van der Waals surface area (Å²) >= 11 is 0. The first-order valence-electron chi connectivity index (χ1n) is 13.0. The fourth-order valence-electron chi connectivity index (χ4n) is 5.00. The van der Waals surface area contributed by atoms with Gasteiger partial charge in [0.2, 0.25) is 11.8 Å². The maximum atomic E-state index is 13.7. The van der Waals surface area contributed by atoms with Crippen molar-refractivity contribution in [3.05, 3.63) is 77.9 Å². The lowest BCUT2D eigenvalue weighted by molar-refractivity contribution is -0.153. The van der Waals surface area contributed by atoms with Crippen LogP contribution in [-0.2, 0) is 21.0 Å². The average molecular weight is 494 g/mol. The molecule has 4 N–H and O–H groups in total. The third kappa shape index (κ3) is 8.61. The number of amides is 2. The van der Waals surface area contributed by atoms with Crippen LogP contribution in [0.4, 0.5) is 0 Å². The number of hydroxylamine groups is 1. The van der Waals surface area contributed by atoms with E-state index in [2.05, 4.69) is 38.6 Å². The number of allylic oxidation sites excluding steroid dienone is 1. The molecule has 0 aromatic heterocycles. The van der Waals surface area contributed by atoms with E-state index in [1.165, 1.54) is 0 Å². The summed E-state index contributed by atoms with van der Waals surface area (Å²) in [5, 5.41) is 0. The van der Waals surface area contributed by atoms with Gasteiger partial charge in [-0.2, -0.15) is 0 Å². The number of benzene rings is 2. The largest absolute Gasteiger partial charge is 0.294 e. The Bertz CT molecular complexity index is 942. The van der Waals surface area contributed by atoms with Gasteiger partial charge in [-0.05, 0) is 42.2 Å². The molecule has 0 heterocycles. The summed E-state index contributed by atoms with van der Waals surface area (Å²) < 4.78 is 0. The molecule has 0 saturated carbocycles. The highest BCUT2D eigenvalue weighted by Gasteiger charge is 2.49. The molecule has 2 aromatic rings. The van der Waals surface area contributed by atoms with Crippen LogP contribution in [0.1, 0.15) is 70.9 Å². The minimum atomic E-state index is -0.971.